The van der Waals surface area contributed by atoms with Crippen molar-refractivity contribution in [1.82, 2.24) is 4.90 Å². The maximum absolute atomic E-state index is 10.5. The summed E-state index contributed by atoms with van der Waals surface area (Å²) in [5, 5.41) is 8.67. The van der Waals surface area contributed by atoms with Gasteiger partial charge >= 0.3 is 5.97 Å². The van der Waals surface area contributed by atoms with E-state index in [0.717, 1.165) is 30.6 Å². The Kier molecular flexibility index (Phi) is 22.8. The second kappa shape index (κ2) is 24.5. The van der Waals surface area contributed by atoms with Gasteiger partial charge in [-0.2, -0.15) is 0 Å². The van der Waals surface area contributed by atoms with Crippen molar-refractivity contribution in [2.24, 2.45) is 17.8 Å². The molecule has 0 aromatic rings. The number of hydrogen-bond donors (Lipinski definition) is 1. The molecule has 0 spiro atoms. The molecule has 0 saturated heterocycles. The highest BCUT2D eigenvalue weighted by atomic mass is 16.4. The number of carbonyl (C=O) groups is 1. The fourth-order valence-electron chi connectivity index (χ4n) is 6.36. The van der Waals surface area contributed by atoms with Crippen LogP contribution in [0.2, 0.25) is 0 Å². The van der Waals surface area contributed by atoms with Crippen LogP contribution in [0.25, 0.3) is 0 Å². The monoisotopic (exact) mass is 522 g/mol. The van der Waals surface area contributed by atoms with Gasteiger partial charge in [0.05, 0.1) is 0 Å². The zero-order valence-electron chi connectivity index (χ0n) is 25.6. The van der Waals surface area contributed by atoms with Gasteiger partial charge in [0.15, 0.2) is 0 Å². The van der Waals surface area contributed by atoms with Crippen molar-refractivity contribution in [1.29, 1.82) is 0 Å². The number of rotatable bonds is 29. The first-order valence-corrected chi connectivity index (χ1v) is 16.9. The Labute approximate surface area is 232 Å². The van der Waals surface area contributed by atoms with Crippen LogP contribution in [0.4, 0.5) is 0 Å². The first-order chi connectivity index (χ1) is 18.0. The topological polar surface area (TPSA) is 40.5 Å². The van der Waals surface area contributed by atoms with Gasteiger partial charge in [-0.15, -0.1) is 0 Å². The Hall–Kier alpha value is -0.570. The predicted octanol–water partition coefficient (Wildman–Crippen LogP) is 10.7. The Morgan fingerprint density at radius 3 is 1.49 bits per heavy atom. The summed E-state index contributed by atoms with van der Waals surface area (Å²) in [6.07, 6.45) is 35.1. The maximum Gasteiger partial charge on any atom is 0.303 e. The third-order valence-corrected chi connectivity index (χ3v) is 8.81. The van der Waals surface area contributed by atoms with Crippen molar-refractivity contribution in [2.45, 2.75) is 174 Å². The number of hydrogen-bond acceptors (Lipinski definition) is 2. The van der Waals surface area contributed by atoms with Gasteiger partial charge in [-0.05, 0) is 57.5 Å². The van der Waals surface area contributed by atoms with Crippen LogP contribution in [0.5, 0.6) is 0 Å². The fraction of sp³-hybridized carbons (Fsp3) is 0.971. The number of carboxylic acids is 1. The molecule has 0 aromatic carbocycles. The van der Waals surface area contributed by atoms with Crippen LogP contribution in [-0.2, 0) is 4.79 Å². The quantitative estimate of drug-likeness (QED) is 0.0995. The lowest BCUT2D eigenvalue weighted by atomic mass is 9.93. The smallest absolute Gasteiger partial charge is 0.303 e. The molecule has 1 aliphatic carbocycles. The normalized spacial score (nSPS) is 17.9. The van der Waals surface area contributed by atoms with E-state index in [1.165, 1.54) is 154 Å². The Bertz CT molecular complexity index is 506. The molecule has 1 saturated carbocycles. The van der Waals surface area contributed by atoms with Crippen LogP contribution in [-0.4, -0.2) is 36.6 Å². The Balaban J connectivity index is 1.86. The SMILES string of the molecule is CCCCCCCCCC(CCCCCCCCCCC1CC1CCCCCCCC(=O)O)CN(C)C. The van der Waals surface area contributed by atoms with Gasteiger partial charge in [-0.1, -0.05) is 142 Å². The summed E-state index contributed by atoms with van der Waals surface area (Å²) in [5.74, 6) is 2.35. The summed E-state index contributed by atoms with van der Waals surface area (Å²) in [6, 6.07) is 0. The van der Waals surface area contributed by atoms with Crippen LogP contribution in [0.3, 0.4) is 0 Å². The second-order valence-corrected chi connectivity index (χ2v) is 12.9. The van der Waals surface area contributed by atoms with E-state index < -0.39 is 5.97 Å². The molecule has 3 unspecified atom stereocenters. The molecular weight excluding hydrogens is 454 g/mol. The zero-order chi connectivity index (χ0) is 27.0. The molecule has 3 nitrogen and oxygen atoms in total. The Morgan fingerprint density at radius 2 is 1.05 bits per heavy atom. The maximum atomic E-state index is 10.5. The van der Waals surface area contributed by atoms with Crippen molar-refractivity contribution in [3.05, 3.63) is 0 Å². The molecule has 1 aliphatic rings. The van der Waals surface area contributed by atoms with Crippen LogP contribution < -0.4 is 0 Å². The van der Waals surface area contributed by atoms with Gasteiger partial charge < -0.3 is 10.0 Å². The molecule has 0 aromatic heterocycles. The highest BCUT2D eigenvalue weighted by molar-refractivity contribution is 5.66. The van der Waals surface area contributed by atoms with E-state index in [4.69, 9.17) is 5.11 Å². The molecule has 1 fully saturated rings. The number of unbranched alkanes of at least 4 members (excludes halogenated alkanes) is 17. The molecule has 0 bridgehead atoms. The summed E-state index contributed by atoms with van der Waals surface area (Å²) < 4.78 is 0. The lowest BCUT2D eigenvalue weighted by Crippen LogP contribution is -2.21. The summed E-state index contributed by atoms with van der Waals surface area (Å²) in [5.41, 5.74) is 0. The number of carboxylic acid groups (broad SMARTS) is 1. The molecule has 0 heterocycles. The molecular formula is C34H67NO2. The van der Waals surface area contributed by atoms with Gasteiger partial charge in [-0.25, -0.2) is 0 Å². The summed E-state index contributed by atoms with van der Waals surface area (Å²) in [6.45, 7) is 3.59. The molecule has 220 valence electrons. The van der Waals surface area contributed by atoms with Crippen molar-refractivity contribution < 1.29 is 9.90 Å². The average molecular weight is 522 g/mol. The highest BCUT2D eigenvalue weighted by Gasteiger charge is 2.34. The fourth-order valence-corrected chi connectivity index (χ4v) is 6.36. The minimum atomic E-state index is -0.644. The van der Waals surface area contributed by atoms with E-state index in [1.807, 2.05) is 0 Å². The minimum absolute atomic E-state index is 0.349. The standard InChI is InChI=1S/C34H67NO2/c1-4-5-6-7-10-14-19-24-31(30-35(2)3)25-20-15-11-8-9-12-16-21-26-32-29-33(32)27-22-17-13-18-23-28-34(36)37/h31-33H,4-30H2,1-3H3,(H,36,37). The lowest BCUT2D eigenvalue weighted by molar-refractivity contribution is -0.137. The molecule has 0 amide bonds. The van der Waals surface area contributed by atoms with Crippen molar-refractivity contribution >= 4 is 5.97 Å². The van der Waals surface area contributed by atoms with E-state index in [-0.39, 0.29) is 0 Å². The predicted molar refractivity (Wildman–Crippen MR) is 162 cm³/mol. The van der Waals surface area contributed by atoms with E-state index in [9.17, 15) is 4.79 Å². The van der Waals surface area contributed by atoms with Crippen LogP contribution in [0, 0.1) is 17.8 Å². The van der Waals surface area contributed by atoms with Gasteiger partial charge in [0.1, 0.15) is 0 Å². The summed E-state index contributed by atoms with van der Waals surface area (Å²) in [7, 11) is 4.49. The lowest BCUT2D eigenvalue weighted by Gasteiger charge is -2.21. The van der Waals surface area contributed by atoms with Crippen molar-refractivity contribution in [3.63, 3.8) is 0 Å². The second-order valence-electron chi connectivity index (χ2n) is 12.9. The van der Waals surface area contributed by atoms with Gasteiger partial charge in [0, 0.05) is 13.0 Å². The molecule has 0 radical (unpaired) electrons. The van der Waals surface area contributed by atoms with Crippen LogP contribution >= 0.6 is 0 Å². The van der Waals surface area contributed by atoms with Gasteiger partial charge in [0.2, 0.25) is 0 Å². The molecule has 0 aliphatic heterocycles. The molecule has 37 heavy (non-hydrogen) atoms. The van der Waals surface area contributed by atoms with Crippen LogP contribution in [0.1, 0.15) is 174 Å². The first-order valence-electron chi connectivity index (χ1n) is 16.9. The molecule has 1 rings (SSSR count). The van der Waals surface area contributed by atoms with Crippen molar-refractivity contribution in [2.75, 3.05) is 20.6 Å². The van der Waals surface area contributed by atoms with E-state index in [0.29, 0.717) is 6.42 Å². The van der Waals surface area contributed by atoms with E-state index in [1.54, 1.807) is 0 Å². The van der Waals surface area contributed by atoms with Gasteiger partial charge in [0.25, 0.3) is 0 Å². The number of aliphatic carboxylic acids is 1. The molecule has 3 atom stereocenters. The largest absolute Gasteiger partial charge is 0.481 e. The minimum Gasteiger partial charge on any atom is -0.481 e. The molecule has 1 N–H and O–H groups in total. The molecule has 3 heteroatoms. The average Bonchev–Trinajstić information content (AvgIpc) is 3.61. The van der Waals surface area contributed by atoms with E-state index in [2.05, 4.69) is 25.9 Å². The third-order valence-electron chi connectivity index (χ3n) is 8.81. The summed E-state index contributed by atoms with van der Waals surface area (Å²) >= 11 is 0. The Morgan fingerprint density at radius 1 is 0.649 bits per heavy atom. The number of nitrogens with zero attached hydrogens (tertiary/aromatic N) is 1. The highest BCUT2D eigenvalue weighted by Crippen LogP contribution is 2.45. The van der Waals surface area contributed by atoms with E-state index >= 15 is 0 Å². The summed E-state index contributed by atoms with van der Waals surface area (Å²) in [4.78, 5) is 12.9. The first kappa shape index (κ1) is 34.5. The van der Waals surface area contributed by atoms with Gasteiger partial charge in [-0.3, -0.25) is 4.79 Å². The van der Waals surface area contributed by atoms with Crippen molar-refractivity contribution in [3.8, 4) is 0 Å². The zero-order valence-corrected chi connectivity index (χ0v) is 25.6. The third kappa shape index (κ3) is 23.1. The van der Waals surface area contributed by atoms with Crippen LogP contribution in [0.15, 0.2) is 0 Å².